The summed E-state index contributed by atoms with van der Waals surface area (Å²) >= 11 is 11.8. The number of hydrogen-bond donors (Lipinski definition) is 3. The van der Waals surface area contributed by atoms with Crippen molar-refractivity contribution in [1.82, 2.24) is 5.32 Å². The number of anilines is 1. The monoisotopic (exact) mass is 338 g/mol. The maximum absolute atomic E-state index is 12.0. The first-order chi connectivity index (χ1) is 10.6. The molecule has 0 aliphatic rings. The lowest BCUT2D eigenvalue weighted by molar-refractivity contribution is 0.224. The molecule has 0 bridgehead atoms. The second-order valence-corrected chi connectivity index (χ2v) is 5.70. The molecule has 0 heterocycles. The quantitative estimate of drug-likeness (QED) is 0.778. The van der Waals surface area contributed by atoms with Crippen LogP contribution in [0.3, 0.4) is 0 Å². The van der Waals surface area contributed by atoms with Crippen molar-refractivity contribution in [3.05, 3.63) is 64.1 Å². The molecule has 22 heavy (non-hydrogen) atoms. The molecule has 0 fully saturated rings. The molecule has 1 unspecified atom stereocenters. The zero-order chi connectivity index (χ0) is 15.9. The van der Waals surface area contributed by atoms with Crippen molar-refractivity contribution in [2.24, 2.45) is 0 Å². The molecule has 0 saturated heterocycles. The average Bonchev–Trinajstić information content (AvgIpc) is 2.46. The van der Waals surface area contributed by atoms with Gasteiger partial charge >= 0.3 is 6.03 Å². The van der Waals surface area contributed by atoms with E-state index in [0.29, 0.717) is 22.2 Å². The van der Waals surface area contributed by atoms with Gasteiger partial charge < -0.3 is 15.7 Å². The number of halogens is 2. The Morgan fingerprint density at radius 3 is 2.32 bits per heavy atom. The van der Waals surface area contributed by atoms with Crippen LogP contribution in [0.1, 0.15) is 5.56 Å². The fraction of sp³-hybridized carbons (Fsp3) is 0.188. The predicted octanol–water partition coefficient (Wildman–Crippen LogP) is 3.72. The fourth-order valence-corrected chi connectivity index (χ4v) is 2.56. The standard InChI is InChI=1S/C16H16Cl2N2O2/c17-12-7-13(18)9-14(8-12)19-16(22)20-15(10-21)6-11-4-2-1-3-5-11/h1-5,7-9,15,21H,6,10H2,(H2,19,20,22). The number of nitrogens with one attached hydrogen (secondary N) is 2. The lowest BCUT2D eigenvalue weighted by Gasteiger charge is -2.17. The van der Waals surface area contributed by atoms with Crippen LogP contribution < -0.4 is 10.6 Å². The fourth-order valence-electron chi connectivity index (χ4n) is 2.04. The third-order valence-electron chi connectivity index (χ3n) is 3.00. The lowest BCUT2D eigenvalue weighted by atomic mass is 10.1. The normalized spacial score (nSPS) is 11.8. The summed E-state index contributed by atoms with van der Waals surface area (Å²) in [6, 6.07) is 13.6. The number of aliphatic hydroxyl groups is 1. The number of urea groups is 1. The van der Waals surface area contributed by atoms with E-state index in [4.69, 9.17) is 23.2 Å². The molecule has 1 atom stereocenters. The number of carbonyl (C=O) groups is 1. The Labute approximate surface area is 139 Å². The first-order valence-electron chi connectivity index (χ1n) is 6.75. The Hall–Kier alpha value is -1.75. The third kappa shape index (κ3) is 5.22. The summed E-state index contributed by atoms with van der Waals surface area (Å²) in [4.78, 5) is 12.0. The highest BCUT2D eigenvalue weighted by molar-refractivity contribution is 6.35. The number of benzene rings is 2. The van der Waals surface area contributed by atoms with E-state index in [2.05, 4.69) is 10.6 Å². The van der Waals surface area contributed by atoms with Gasteiger partial charge in [-0.15, -0.1) is 0 Å². The molecule has 2 aromatic rings. The van der Waals surface area contributed by atoms with Gasteiger partial charge in [-0.1, -0.05) is 53.5 Å². The topological polar surface area (TPSA) is 61.4 Å². The Morgan fingerprint density at radius 1 is 1.09 bits per heavy atom. The summed E-state index contributed by atoms with van der Waals surface area (Å²) in [5, 5.41) is 15.6. The van der Waals surface area contributed by atoms with Crippen molar-refractivity contribution < 1.29 is 9.90 Å². The number of hydrogen-bond acceptors (Lipinski definition) is 2. The zero-order valence-corrected chi connectivity index (χ0v) is 13.2. The summed E-state index contributed by atoms with van der Waals surface area (Å²) in [6.45, 7) is -0.154. The number of rotatable bonds is 5. The summed E-state index contributed by atoms with van der Waals surface area (Å²) in [6.07, 6.45) is 0.543. The first kappa shape index (κ1) is 16.6. The van der Waals surface area contributed by atoms with Gasteiger partial charge in [-0.2, -0.15) is 0 Å². The molecule has 4 nitrogen and oxygen atoms in total. The molecule has 2 amide bonds. The second kappa shape index (κ2) is 8.03. The average molecular weight is 339 g/mol. The molecular formula is C16H16Cl2N2O2. The molecule has 0 radical (unpaired) electrons. The van der Waals surface area contributed by atoms with E-state index in [-0.39, 0.29) is 12.6 Å². The van der Waals surface area contributed by atoms with Gasteiger partial charge in [0.05, 0.1) is 12.6 Å². The molecule has 0 aliphatic carbocycles. The van der Waals surface area contributed by atoms with Gasteiger partial charge in [0.15, 0.2) is 0 Å². The third-order valence-corrected chi connectivity index (χ3v) is 3.44. The highest BCUT2D eigenvalue weighted by Crippen LogP contribution is 2.22. The SMILES string of the molecule is O=C(Nc1cc(Cl)cc(Cl)c1)NC(CO)Cc1ccccc1. The second-order valence-electron chi connectivity index (χ2n) is 4.83. The van der Waals surface area contributed by atoms with Crippen LogP contribution in [0.15, 0.2) is 48.5 Å². The van der Waals surface area contributed by atoms with Crippen LogP contribution in [0, 0.1) is 0 Å². The van der Waals surface area contributed by atoms with Crippen molar-refractivity contribution in [2.75, 3.05) is 11.9 Å². The van der Waals surface area contributed by atoms with Crippen molar-refractivity contribution in [2.45, 2.75) is 12.5 Å². The molecule has 0 saturated carbocycles. The maximum Gasteiger partial charge on any atom is 0.319 e. The molecule has 0 aromatic heterocycles. The maximum atomic E-state index is 12.0. The molecule has 2 rings (SSSR count). The molecule has 0 spiro atoms. The minimum Gasteiger partial charge on any atom is -0.394 e. The van der Waals surface area contributed by atoms with Gasteiger partial charge in [-0.25, -0.2) is 4.79 Å². The van der Waals surface area contributed by atoms with Crippen LogP contribution in [0.5, 0.6) is 0 Å². The van der Waals surface area contributed by atoms with Crippen LogP contribution in [-0.4, -0.2) is 23.8 Å². The van der Waals surface area contributed by atoms with E-state index < -0.39 is 6.03 Å². The molecular weight excluding hydrogens is 323 g/mol. The van der Waals surface area contributed by atoms with Crippen molar-refractivity contribution in [3.8, 4) is 0 Å². The van der Waals surface area contributed by atoms with Gasteiger partial charge in [0.1, 0.15) is 0 Å². The Bertz CT molecular complexity index is 615. The number of carbonyl (C=O) groups excluding carboxylic acids is 1. The Balaban J connectivity index is 1.94. The van der Waals surface area contributed by atoms with Crippen LogP contribution in [-0.2, 0) is 6.42 Å². The molecule has 2 aromatic carbocycles. The molecule has 3 N–H and O–H groups in total. The Morgan fingerprint density at radius 2 is 1.73 bits per heavy atom. The Kier molecular flexibility index (Phi) is 6.07. The largest absolute Gasteiger partial charge is 0.394 e. The van der Waals surface area contributed by atoms with Crippen LogP contribution >= 0.6 is 23.2 Å². The summed E-state index contributed by atoms with van der Waals surface area (Å²) in [7, 11) is 0. The zero-order valence-electron chi connectivity index (χ0n) is 11.7. The summed E-state index contributed by atoms with van der Waals surface area (Å²) in [5.74, 6) is 0. The first-order valence-corrected chi connectivity index (χ1v) is 7.51. The van der Waals surface area contributed by atoms with E-state index in [9.17, 15) is 9.90 Å². The van der Waals surface area contributed by atoms with Crippen LogP contribution in [0.2, 0.25) is 10.0 Å². The van der Waals surface area contributed by atoms with E-state index in [1.807, 2.05) is 30.3 Å². The van der Waals surface area contributed by atoms with E-state index >= 15 is 0 Å². The molecule has 0 aliphatic heterocycles. The van der Waals surface area contributed by atoms with Gasteiger partial charge in [-0.05, 0) is 30.2 Å². The molecule has 6 heteroatoms. The predicted molar refractivity (Wildman–Crippen MR) is 89.6 cm³/mol. The number of amides is 2. The van der Waals surface area contributed by atoms with Gasteiger partial charge in [0.2, 0.25) is 0 Å². The smallest absolute Gasteiger partial charge is 0.319 e. The summed E-state index contributed by atoms with van der Waals surface area (Å²) < 4.78 is 0. The number of aliphatic hydroxyl groups excluding tert-OH is 1. The van der Waals surface area contributed by atoms with Crippen molar-refractivity contribution in [3.63, 3.8) is 0 Å². The van der Waals surface area contributed by atoms with Gasteiger partial charge in [-0.3, -0.25) is 0 Å². The van der Waals surface area contributed by atoms with Gasteiger partial charge in [0.25, 0.3) is 0 Å². The van der Waals surface area contributed by atoms with E-state index in [1.54, 1.807) is 18.2 Å². The van der Waals surface area contributed by atoms with Gasteiger partial charge in [0, 0.05) is 15.7 Å². The highest BCUT2D eigenvalue weighted by Gasteiger charge is 2.12. The van der Waals surface area contributed by atoms with E-state index in [1.165, 1.54) is 0 Å². The minimum atomic E-state index is -0.423. The van der Waals surface area contributed by atoms with Crippen LogP contribution in [0.25, 0.3) is 0 Å². The van der Waals surface area contributed by atoms with E-state index in [0.717, 1.165) is 5.56 Å². The van der Waals surface area contributed by atoms with Crippen LogP contribution in [0.4, 0.5) is 10.5 Å². The molecule has 116 valence electrons. The van der Waals surface area contributed by atoms with Crippen molar-refractivity contribution >= 4 is 34.9 Å². The minimum absolute atomic E-state index is 0.154. The lowest BCUT2D eigenvalue weighted by Crippen LogP contribution is -2.41. The summed E-state index contributed by atoms with van der Waals surface area (Å²) in [5.41, 5.74) is 1.53. The highest BCUT2D eigenvalue weighted by atomic mass is 35.5. The van der Waals surface area contributed by atoms with Crippen molar-refractivity contribution in [1.29, 1.82) is 0 Å².